The van der Waals surface area contributed by atoms with Crippen molar-refractivity contribution in [1.82, 2.24) is 14.7 Å². The molecule has 0 atom stereocenters. The number of aromatic nitrogens is 2. The molecule has 1 saturated carbocycles. The molecule has 0 aliphatic heterocycles. The third kappa shape index (κ3) is 4.74. The Morgan fingerprint density at radius 3 is 2.38 bits per heavy atom. The normalized spacial score (nSPS) is 13.1. The molecular weight excluding hydrogens is 400 g/mol. The van der Waals surface area contributed by atoms with Crippen LogP contribution in [0.1, 0.15) is 37.4 Å². The zero-order chi connectivity index (χ0) is 22.7. The van der Waals surface area contributed by atoms with E-state index >= 15 is 0 Å². The summed E-state index contributed by atoms with van der Waals surface area (Å²) in [6.07, 6.45) is 2.68. The highest BCUT2D eigenvalue weighted by molar-refractivity contribution is 5.98. The van der Waals surface area contributed by atoms with E-state index in [1.807, 2.05) is 75.4 Å². The fourth-order valence-electron chi connectivity index (χ4n) is 3.94. The molecule has 0 saturated heterocycles. The van der Waals surface area contributed by atoms with E-state index in [1.54, 1.807) is 9.58 Å². The summed E-state index contributed by atoms with van der Waals surface area (Å²) in [4.78, 5) is 27.4. The van der Waals surface area contributed by atoms with Gasteiger partial charge in [-0.05, 0) is 50.8 Å². The minimum absolute atomic E-state index is 0.0511. The summed E-state index contributed by atoms with van der Waals surface area (Å²) in [6.45, 7) is 6.65. The van der Waals surface area contributed by atoms with Crippen LogP contribution in [0.25, 0.3) is 16.8 Å². The zero-order valence-electron chi connectivity index (χ0n) is 19.0. The molecule has 32 heavy (non-hydrogen) atoms. The summed E-state index contributed by atoms with van der Waals surface area (Å²) in [6, 6.07) is 18.0. The molecule has 2 amide bonds. The molecule has 4 rings (SSSR count). The minimum atomic E-state index is -0.210. The molecule has 2 aromatic carbocycles. The topological polar surface area (TPSA) is 67.2 Å². The Morgan fingerprint density at radius 2 is 1.75 bits per heavy atom. The highest BCUT2D eigenvalue weighted by Gasteiger charge is 2.34. The van der Waals surface area contributed by atoms with E-state index in [0.29, 0.717) is 12.4 Å². The average Bonchev–Trinajstić information content (AvgIpc) is 3.58. The van der Waals surface area contributed by atoms with Gasteiger partial charge in [0.15, 0.2) is 0 Å². The number of rotatable bonds is 8. The molecule has 0 spiro atoms. The molecule has 166 valence electrons. The van der Waals surface area contributed by atoms with Crippen LogP contribution in [0.4, 0.5) is 5.82 Å². The Bertz CT molecular complexity index is 1100. The standard InChI is InChI=1S/C26H30N4O2/c1-4-16-29(26(32)21-12-13-21)17-23(31)27-25-24(20-8-6-5-7-9-20)19(3)28-30(25)22-14-10-18(2)11-15-22/h5-11,14-15,21H,4,12-13,16-17H2,1-3H3,(H,27,31). The van der Waals surface area contributed by atoms with Crippen molar-refractivity contribution in [1.29, 1.82) is 0 Å². The largest absolute Gasteiger partial charge is 0.333 e. The molecule has 0 unspecified atom stereocenters. The highest BCUT2D eigenvalue weighted by atomic mass is 16.2. The molecule has 1 aromatic heterocycles. The fourth-order valence-corrected chi connectivity index (χ4v) is 3.94. The molecule has 1 aliphatic carbocycles. The van der Waals surface area contributed by atoms with Crippen molar-refractivity contribution in [3.05, 3.63) is 65.9 Å². The second-order valence-electron chi connectivity index (χ2n) is 8.50. The smallest absolute Gasteiger partial charge is 0.245 e. The Hall–Kier alpha value is -3.41. The van der Waals surface area contributed by atoms with Gasteiger partial charge < -0.3 is 10.2 Å². The monoisotopic (exact) mass is 430 g/mol. The van der Waals surface area contributed by atoms with E-state index in [4.69, 9.17) is 5.10 Å². The van der Waals surface area contributed by atoms with Gasteiger partial charge in [-0.25, -0.2) is 4.68 Å². The van der Waals surface area contributed by atoms with Crippen molar-refractivity contribution in [2.75, 3.05) is 18.4 Å². The van der Waals surface area contributed by atoms with Crippen LogP contribution >= 0.6 is 0 Å². The van der Waals surface area contributed by atoms with Gasteiger partial charge >= 0.3 is 0 Å². The number of amides is 2. The van der Waals surface area contributed by atoms with Gasteiger partial charge in [0.1, 0.15) is 5.82 Å². The first-order valence-electron chi connectivity index (χ1n) is 11.3. The number of nitrogens with zero attached hydrogens (tertiary/aromatic N) is 3. The van der Waals surface area contributed by atoms with Crippen LogP contribution in [0.3, 0.4) is 0 Å². The third-order valence-corrected chi connectivity index (χ3v) is 5.73. The van der Waals surface area contributed by atoms with Crippen molar-refractivity contribution in [3.63, 3.8) is 0 Å². The van der Waals surface area contributed by atoms with Crippen LogP contribution in [0.5, 0.6) is 0 Å². The first kappa shape index (κ1) is 21.8. The van der Waals surface area contributed by atoms with Crippen LogP contribution in [-0.2, 0) is 9.59 Å². The third-order valence-electron chi connectivity index (χ3n) is 5.73. The summed E-state index contributed by atoms with van der Waals surface area (Å²) in [5, 5.41) is 7.83. The van der Waals surface area contributed by atoms with Gasteiger partial charge in [0.25, 0.3) is 0 Å². The Balaban J connectivity index is 1.68. The number of hydrogen-bond acceptors (Lipinski definition) is 3. The molecule has 0 bridgehead atoms. The van der Waals surface area contributed by atoms with Crippen LogP contribution in [0.15, 0.2) is 54.6 Å². The Kier molecular flexibility index (Phi) is 6.40. The average molecular weight is 431 g/mol. The van der Waals surface area contributed by atoms with Gasteiger partial charge in [-0.2, -0.15) is 5.10 Å². The summed E-state index contributed by atoms with van der Waals surface area (Å²) in [7, 11) is 0. The second kappa shape index (κ2) is 9.39. The van der Waals surface area contributed by atoms with Crippen molar-refractivity contribution in [2.45, 2.75) is 40.0 Å². The van der Waals surface area contributed by atoms with Gasteiger partial charge in [-0.15, -0.1) is 0 Å². The molecule has 1 aliphatic rings. The van der Waals surface area contributed by atoms with Gasteiger partial charge in [-0.3, -0.25) is 9.59 Å². The van der Waals surface area contributed by atoms with Crippen molar-refractivity contribution < 1.29 is 9.59 Å². The number of aryl methyl sites for hydroxylation is 2. The van der Waals surface area contributed by atoms with Crippen LogP contribution in [-0.4, -0.2) is 39.6 Å². The molecule has 1 fully saturated rings. The number of anilines is 1. The van der Waals surface area contributed by atoms with Gasteiger partial charge in [0.2, 0.25) is 11.8 Å². The Morgan fingerprint density at radius 1 is 1.06 bits per heavy atom. The minimum Gasteiger partial charge on any atom is -0.333 e. The number of nitrogens with one attached hydrogen (secondary N) is 1. The Labute approximate surface area is 189 Å². The predicted octanol–water partition coefficient (Wildman–Crippen LogP) is 4.74. The number of hydrogen-bond donors (Lipinski definition) is 1. The first-order valence-corrected chi connectivity index (χ1v) is 11.3. The van der Waals surface area contributed by atoms with E-state index in [-0.39, 0.29) is 24.3 Å². The quantitative estimate of drug-likeness (QED) is 0.561. The molecule has 0 radical (unpaired) electrons. The fraction of sp³-hybridized carbons (Fsp3) is 0.346. The maximum atomic E-state index is 13.1. The van der Waals surface area contributed by atoms with E-state index in [9.17, 15) is 9.59 Å². The van der Waals surface area contributed by atoms with Gasteiger partial charge in [-0.1, -0.05) is 55.0 Å². The van der Waals surface area contributed by atoms with E-state index in [1.165, 1.54) is 0 Å². The van der Waals surface area contributed by atoms with Gasteiger partial charge in [0.05, 0.1) is 17.9 Å². The molecule has 3 aromatic rings. The maximum Gasteiger partial charge on any atom is 0.245 e. The first-order chi connectivity index (χ1) is 15.5. The molecular formula is C26H30N4O2. The number of carbonyl (C=O) groups is 2. The predicted molar refractivity (Wildman–Crippen MR) is 127 cm³/mol. The second-order valence-corrected chi connectivity index (χ2v) is 8.50. The zero-order valence-corrected chi connectivity index (χ0v) is 19.0. The summed E-state index contributed by atoms with van der Waals surface area (Å²) < 4.78 is 1.78. The lowest BCUT2D eigenvalue weighted by Crippen LogP contribution is -2.39. The summed E-state index contributed by atoms with van der Waals surface area (Å²) in [5.41, 5.74) is 4.72. The molecule has 6 heteroatoms. The maximum absolute atomic E-state index is 13.1. The SMILES string of the molecule is CCCN(CC(=O)Nc1c(-c2ccccc2)c(C)nn1-c1ccc(C)cc1)C(=O)C1CC1. The van der Waals surface area contributed by atoms with Crippen LogP contribution < -0.4 is 5.32 Å². The van der Waals surface area contributed by atoms with E-state index < -0.39 is 0 Å². The summed E-state index contributed by atoms with van der Waals surface area (Å²) in [5.74, 6) is 0.596. The van der Waals surface area contributed by atoms with Crippen LogP contribution in [0.2, 0.25) is 0 Å². The van der Waals surface area contributed by atoms with Gasteiger partial charge in [0, 0.05) is 18.0 Å². The van der Waals surface area contributed by atoms with Crippen molar-refractivity contribution in [2.24, 2.45) is 5.92 Å². The number of carbonyl (C=O) groups excluding carboxylic acids is 2. The molecule has 6 nitrogen and oxygen atoms in total. The van der Waals surface area contributed by atoms with Crippen molar-refractivity contribution in [3.8, 4) is 16.8 Å². The molecule has 1 heterocycles. The molecule has 1 N–H and O–H groups in total. The highest BCUT2D eigenvalue weighted by Crippen LogP contribution is 2.34. The lowest BCUT2D eigenvalue weighted by Gasteiger charge is -2.22. The number of benzene rings is 2. The van der Waals surface area contributed by atoms with E-state index in [0.717, 1.165) is 47.3 Å². The van der Waals surface area contributed by atoms with E-state index in [2.05, 4.69) is 5.32 Å². The van der Waals surface area contributed by atoms with Crippen LogP contribution in [0, 0.1) is 19.8 Å². The summed E-state index contributed by atoms with van der Waals surface area (Å²) >= 11 is 0. The van der Waals surface area contributed by atoms with Crippen molar-refractivity contribution >= 4 is 17.6 Å². The lowest BCUT2D eigenvalue weighted by molar-refractivity contribution is -0.135. The lowest BCUT2D eigenvalue weighted by atomic mass is 10.1.